The number of para-hydroxylation sites is 4. The molecule has 8 aromatic carbocycles. The molecule has 0 aliphatic rings. The summed E-state index contributed by atoms with van der Waals surface area (Å²) < 4.78 is 26.1. The number of rotatable bonds is 7. The fourth-order valence-electron chi connectivity index (χ4n) is 8.21. The number of aromatic amines is 2. The number of nitrogens with zero attached hydrogens (tertiary/aromatic N) is 2. The van der Waals surface area contributed by atoms with E-state index in [-0.39, 0.29) is 11.6 Å². The molecule has 4 aromatic heterocycles. The molecule has 0 aliphatic carbocycles. The third kappa shape index (κ3) is 15.7. The molecule has 12 aromatic rings. The Morgan fingerprint density at radius 1 is 0.462 bits per heavy atom. The van der Waals surface area contributed by atoms with E-state index in [1.807, 2.05) is 186 Å². The second-order valence-electron chi connectivity index (χ2n) is 16.6. The van der Waals surface area contributed by atoms with E-state index in [2.05, 4.69) is 74.4 Å². The quantitative estimate of drug-likeness (QED) is 0.0933. The molecule has 4 heterocycles. The van der Waals surface area contributed by atoms with Gasteiger partial charge in [0.25, 0.3) is 0 Å². The van der Waals surface area contributed by atoms with E-state index in [0.29, 0.717) is 11.4 Å². The van der Waals surface area contributed by atoms with E-state index in [4.69, 9.17) is 55.4 Å². The molecule has 8 nitrogen and oxygen atoms in total. The molecule has 0 atom stereocenters. The van der Waals surface area contributed by atoms with Crippen LogP contribution in [0, 0.1) is 6.92 Å². The molecule has 0 aliphatic heterocycles. The van der Waals surface area contributed by atoms with Crippen LogP contribution in [0.4, 0.5) is 0 Å². The molecule has 78 heavy (non-hydrogen) atoms. The van der Waals surface area contributed by atoms with Crippen molar-refractivity contribution in [1.82, 2.24) is 19.9 Å². The summed E-state index contributed by atoms with van der Waals surface area (Å²) in [5.41, 5.74) is 13.1. The van der Waals surface area contributed by atoms with Crippen LogP contribution >= 0.6 is 39.1 Å². The summed E-state index contributed by atoms with van der Waals surface area (Å²) in [4.78, 5) is 15.6. The van der Waals surface area contributed by atoms with Crippen molar-refractivity contribution in [2.75, 3.05) is 20.1 Å². The van der Waals surface area contributed by atoms with Crippen molar-refractivity contribution >= 4 is 95.5 Å². The maximum absolute atomic E-state index is 8.91. The van der Waals surface area contributed by atoms with Gasteiger partial charge in [-0.15, -0.1) is 0 Å². The molecule has 396 valence electrons. The Hall–Kier alpha value is -7.70. The number of benzene rings is 8. The summed E-state index contributed by atoms with van der Waals surface area (Å²) in [6.45, 7) is 9.92. The SMILES string of the molecule is CBr.CC.CC.COc1ccc(-c2ccc(Cl)cc2)c(-c2ccc3ccccc3n2)c1.COc1ccc(-c2ccc(Cl)cc2)c(-c2ccc3ccccc3n2)c1.[3H]c1c(B(O)O)[nH]c2ccccc12.[3H]c1c(C)[nH]c2ccccc12. The normalized spacial score (nSPS) is 10.5. The number of aromatic nitrogens is 4. The summed E-state index contributed by atoms with van der Waals surface area (Å²) in [7, 11) is 1.74. The Morgan fingerprint density at radius 3 is 1.24 bits per heavy atom. The molecule has 4 N–H and O–H groups in total. The third-order valence-corrected chi connectivity index (χ3v) is 12.3. The van der Waals surface area contributed by atoms with Crippen LogP contribution < -0.4 is 15.1 Å². The Kier molecular flexibility index (Phi) is 21.9. The Labute approximate surface area is 479 Å². The molecule has 0 radical (unpaired) electrons. The zero-order valence-corrected chi connectivity index (χ0v) is 48.0. The zero-order chi connectivity index (χ0) is 57.7. The van der Waals surface area contributed by atoms with Gasteiger partial charge in [0.05, 0.1) is 39.4 Å². The van der Waals surface area contributed by atoms with Crippen molar-refractivity contribution in [3.05, 3.63) is 234 Å². The highest BCUT2D eigenvalue weighted by Crippen LogP contribution is 2.37. The first-order valence-electron chi connectivity index (χ1n) is 26.4. The number of pyridine rings is 2. The summed E-state index contributed by atoms with van der Waals surface area (Å²) in [5, 5.41) is 23.2. The Morgan fingerprint density at radius 2 is 0.846 bits per heavy atom. The topological polar surface area (TPSA) is 116 Å². The van der Waals surface area contributed by atoms with Crippen LogP contribution in [-0.2, 0) is 0 Å². The minimum Gasteiger partial charge on any atom is -0.497 e. The lowest BCUT2D eigenvalue weighted by Gasteiger charge is -2.12. The molecule has 0 unspecified atom stereocenters. The summed E-state index contributed by atoms with van der Waals surface area (Å²) in [6, 6.07) is 68.2. The van der Waals surface area contributed by atoms with Gasteiger partial charge in [0.15, 0.2) is 0 Å². The first kappa shape index (κ1) is 56.5. The molecule has 0 amide bonds. The number of alkyl halides is 1. The molecule has 12 rings (SSSR count). The van der Waals surface area contributed by atoms with E-state index in [1.165, 1.54) is 0 Å². The highest BCUT2D eigenvalue weighted by molar-refractivity contribution is 9.08. The number of methoxy groups -OCH3 is 2. The number of halogens is 3. The van der Waals surface area contributed by atoms with Crippen molar-refractivity contribution < 1.29 is 22.3 Å². The number of fused-ring (bicyclic) bond motifs is 4. The van der Waals surface area contributed by atoms with Gasteiger partial charge in [-0.2, -0.15) is 0 Å². The minimum absolute atomic E-state index is 0.140. The van der Waals surface area contributed by atoms with Gasteiger partial charge in [-0.25, -0.2) is 9.97 Å². The van der Waals surface area contributed by atoms with Crippen molar-refractivity contribution in [2.24, 2.45) is 0 Å². The van der Waals surface area contributed by atoms with Gasteiger partial charge in [0.2, 0.25) is 0 Å². The van der Waals surface area contributed by atoms with Crippen LogP contribution in [0.25, 0.3) is 88.4 Å². The van der Waals surface area contributed by atoms with Crippen LogP contribution in [0.3, 0.4) is 0 Å². The van der Waals surface area contributed by atoms with Gasteiger partial charge in [-0.1, -0.05) is 188 Å². The number of aryl methyl sites for hydroxylation is 1. The molecule has 0 saturated carbocycles. The minimum atomic E-state index is -1.61. The maximum atomic E-state index is 8.91. The van der Waals surface area contributed by atoms with E-state index in [9.17, 15) is 0 Å². The number of ether oxygens (including phenoxy) is 2. The summed E-state index contributed by atoms with van der Waals surface area (Å²) in [6.07, 6.45) is 0. The van der Waals surface area contributed by atoms with Crippen molar-refractivity contribution in [3.8, 4) is 56.3 Å². The zero-order valence-electron chi connectivity index (χ0n) is 46.9. The average Bonchev–Trinajstić information content (AvgIpc) is 4.03. The van der Waals surface area contributed by atoms with Crippen LogP contribution in [0.15, 0.2) is 218 Å². The summed E-state index contributed by atoms with van der Waals surface area (Å²) in [5.74, 6) is 3.43. The lowest BCUT2D eigenvalue weighted by Crippen LogP contribution is -2.30. The lowest BCUT2D eigenvalue weighted by atomic mass is 9.87. The van der Waals surface area contributed by atoms with Gasteiger partial charge in [-0.3, -0.25) is 0 Å². The predicted octanol–water partition coefficient (Wildman–Crippen LogP) is 17.8. The largest absolute Gasteiger partial charge is 0.505 e. The Bertz CT molecular complexity index is 3720. The maximum Gasteiger partial charge on any atom is 0.505 e. The second kappa shape index (κ2) is 30.3. The Balaban J connectivity index is 0.000000175. The molecule has 0 bridgehead atoms. The van der Waals surface area contributed by atoms with Crippen molar-refractivity contribution in [1.29, 1.82) is 0 Å². The molecule has 0 saturated heterocycles. The molecule has 12 heteroatoms. The number of nitrogens with one attached hydrogen (secondary N) is 2. The van der Waals surface area contributed by atoms with E-state index in [0.717, 1.165) is 110 Å². The first-order chi connectivity index (χ1) is 39.0. The predicted molar refractivity (Wildman–Crippen MR) is 337 cm³/mol. The number of hydrogen-bond donors (Lipinski definition) is 4. The lowest BCUT2D eigenvalue weighted by molar-refractivity contribution is 0.415. The molecule has 0 spiro atoms. The molecule has 0 fully saturated rings. The summed E-state index contributed by atoms with van der Waals surface area (Å²) >= 11 is 15.0. The smallest absolute Gasteiger partial charge is 0.497 e. The monoisotopic (exact) mass is 1140 g/mol. The average molecular weight is 1140 g/mol. The van der Waals surface area contributed by atoms with Crippen LogP contribution in [-0.4, -0.2) is 57.2 Å². The van der Waals surface area contributed by atoms with E-state index < -0.39 is 7.12 Å². The van der Waals surface area contributed by atoms with Gasteiger partial charge in [-0.05, 0) is 143 Å². The van der Waals surface area contributed by atoms with Crippen molar-refractivity contribution in [3.63, 3.8) is 0 Å². The van der Waals surface area contributed by atoms with Gasteiger partial charge in [0.1, 0.15) is 11.5 Å². The van der Waals surface area contributed by atoms with Crippen LogP contribution in [0.2, 0.25) is 10.0 Å². The van der Waals surface area contributed by atoms with Crippen LogP contribution in [0.1, 0.15) is 36.1 Å². The standard InChI is InChI=1S/2C22H16ClNO.C9H9N.C8H8BNO2.2C2H6.CH3Br/c2*1-25-18-11-12-19(15-6-9-17(23)10-7-15)20(14-18)22-13-8-16-4-2-3-5-21(16)24-22;1-7-6-8-4-2-3-5-9(8)10-7;11-9(12)8-5-6-3-1-2-4-7(6)10-8;3*1-2/h2*2-14H,1H3;2-6,10H,1H3;1-5,10-12H;2*1-2H3;1H3/i;;6T;5T;;;. The number of H-pyrrole nitrogens is 2. The van der Waals surface area contributed by atoms with Gasteiger partial charge >= 0.3 is 7.12 Å². The molecular formula is C66H64BBrCl2N4O4. The highest BCUT2D eigenvalue weighted by atomic mass is 79.9. The van der Waals surface area contributed by atoms with Gasteiger partial charge < -0.3 is 29.5 Å². The van der Waals surface area contributed by atoms with E-state index >= 15 is 0 Å². The fraction of sp³-hybridized carbons (Fsp3) is 0.121. The fourth-order valence-corrected chi connectivity index (χ4v) is 8.46. The van der Waals surface area contributed by atoms with Crippen LogP contribution in [0.5, 0.6) is 11.5 Å². The van der Waals surface area contributed by atoms with Gasteiger partial charge in [0, 0.05) is 54.3 Å². The number of hydrogen-bond acceptors (Lipinski definition) is 6. The second-order valence-corrected chi connectivity index (χ2v) is 17.5. The highest BCUT2D eigenvalue weighted by Gasteiger charge is 2.15. The molecular weight excluding hydrogens is 1070 g/mol. The van der Waals surface area contributed by atoms with E-state index in [1.54, 1.807) is 26.4 Å². The van der Waals surface area contributed by atoms with Crippen molar-refractivity contribution in [2.45, 2.75) is 34.6 Å². The third-order valence-electron chi connectivity index (χ3n) is 11.8. The first-order valence-corrected chi connectivity index (χ1v) is 27.8.